The second kappa shape index (κ2) is 5.31. The van der Waals surface area contributed by atoms with Gasteiger partial charge in [0.05, 0.1) is 4.90 Å². The highest BCUT2D eigenvalue weighted by atomic mass is 35.5. The average Bonchev–Trinajstić information content (AvgIpc) is 2.67. The van der Waals surface area contributed by atoms with E-state index in [0.29, 0.717) is 0 Å². The summed E-state index contributed by atoms with van der Waals surface area (Å²) in [5.41, 5.74) is 0.945. The number of carbonyl (C=O) groups excluding carboxylic acids is 1. The molecule has 1 aromatic rings. The Morgan fingerprint density at radius 2 is 1.89 bits per heavy atom. The Labute approximate surface area is 122 Å². The summed E-state index contributed by atoms with van der Waals surface area (Å²) in [6.07, 6.45) is 0. The normalized spacial score (nSPS) is 23.9. The van der Waals surface area contributed by atoms with Crippen molar-refractivity contribution in [3.63, 3.8) is 0 Å². The van der Waals surface area contributed by atoms with Crippen LogP contribution in [0.15, 0.2) is 29.2 Å². The van der Waals surface area contributed by atoms with E-state index < -0.39 is 21.3 Å². The summed E-state index contributed by atoms with van der Waals surface area (Å²) in [6, 6.07) is 6.33. The number of hydrogen-bond donors (Lipinski definition) is 0. The summed E-state index contributed by atoms with van der Waals surface area (Å²) in [5.74, 6) is -0.802. The minimum atomic E-state index is -3.84. The van der Waals surface area contributed by atoms with Crippen molar-refractivity contribution in [2.75, 3.05) is 12.4 Å². The lowest BCUT2D eigenvalue weighted by Gasteiger charge is -2.16. The van der Waals surface area contributed by atoms with Crippen LogP contribution in [0.25, 0.3) is 0 Å². The molecule has 1 aliphatic heterocycles. The fourth-order valence-electron chi connectivity index (χ4n) is 1.92. The molecule has 1 saturated heterocycles. The zero-order valence-corrected chi connectivity index (χ0v) is 12.5. The van der Waals surface area contributed by atoms with Crippen LogP contribution in [-0.2, 0) is 14.8 Å². The molecule has 0 aromatic heterocycles. The number of aryl methyl sites for hydroxylation is 1. The molecule has 4 nitrogen and oxygen atoms in total. The molecule has 0 radical (unpaired) electrons. The fourth-order valence-corrected chi connectivity index (χ4v) is 4.10. The first-order valence-electron chi connectivity index (χ1n) is 5.71. The Bertz CT molecular complexity index is 585. The monoisotopic (exact) mass is 321 g/mol. The Balaban J connectivity index is 2.36. The second-order valence-electron chi connectivity index (χ2n) is 4.50. The van der Waals surface area contributed by atoms with E-state index in [4.69, 9.17) is 23.2 Å². The SMILES string of the molecule is Cc1ccc(S(=O)(=O)N2C[C@@H](CCl)[C@H](Cl)C2=O)cc1. The van der Waals surface area contributed by atoms with Gasteiger partial charge in [-0.15, -0.1) is 23.2 Å². The maximum Gasteiger partial charge on any atom is 0.266 e. The van der Waals surface area contributed by atoms with E-state index in [9.17, 15) is 13.2 Å². The smallest absolute Gasteiger partial charge is 0.266 e. The summed E-state index contributed by atoms with van der Waals surface area (Å²) in [7, 11) is -3.84. The minimum Gasteiger partial charge on any atom is -0.272 e. The van der Waals surface area contributed by atoms with Gasteiger partial charge in [-0.3, -0.25) is 4.79 Å². The third-order valence-corrected chi connectivity index (χ3v) is 5.82. The van der Waals surface area contributed by atoms with E-state index >= 15 is 0 Å². The molecule has 0 aliphatic carbocycles. The molecule has 19 heavy (non-hydrogen) atoms. The van der Waals surface area contributed by atoms with Gasteiger partial charge in [0.2, 0.25) is 0 Å². The molecule has 0 saturated carbocycles. The first kappa shape index (κ1) is 14.6. The van der Waals surface area contributed by atoms with Crippen molar-refractivity contribution >= 4 is 39.1 Å². The molecule has 1 aliphatic rings. The summed E-state index contributed by atoms with van der Waals surface area (Å²) >= 11 is 11.6. The number of alkyl halides is 2. The molecule has 1 fully saturated rings. The molecule has 0 spiro atoms. The van der Waals surface area contributed by atoms with Gasteiger partial charge in [0.1, 0.15) is 5.38 Å². The van der Waals surface area contributed by atoms with Gasteiger partial charge in [0.15, 0.2) is 0 Å². The lowest BCUT2D eigenvalue weighted by Crippen LogP contribution is -2.34. The predicted octanol–water partition coefficient (Wildman–Crippen LogP) is 1.99. The molecule has 2 rings (SSSR count). The zero-order valence-electron chi connectivity index (χ0n) is 10.2. The van der Waals surface area contributed by atoms with E-state index in [0.717, 1.165) is 9.87 Å². The average molecular weight is 322 g/mol. The summed E-state index contributed by atoms with van der Waals surface area (Å²) in [6.45, 7) is 1.89. The van der Waals surface area contributed by atoms with Gasteiger partial charge >= 0.3 is 0 Å². The molecule has 104 valence electrons. The van der Waals surface area contributed by atoms with E-state index in [1.807, 2.05) is 6.92 Å². The second-order valence-corrected chi connectivity index (χ2v) is 7.14. The van der Waals surface area contributed by atoms with Crippen molar-refractivity contribution in [3.8, 4) is 0 Å². The van der Waals surface area contributed by atoms with Crippen LogP contribution in [0.1, 0.15) is 5.56 Å². The van der Waals surface area contributed by atoms with Crippen LogP contribution >= 0.6 is 23.2 Å². The van der Waals surface area contributed by atoms with Crippen molar-refractivity contribution in [2.45, 2.75) is 17.2 Å². The summed E-state index contributed by atoms with van der Waals surface area (Å²) in [4.78, 5) is 12.0. The number of benzene rings is 1. The summed E-state index contributed by atoms with van der Waals surface area (Å²) < 4.78 is 25.6. The lowest BCUT2D eigenvalue weighted by molar-refractivity contribution is -0.123. The Morgan fingerprint density at radius 1 is 1.32 bits per heavy atom. The third-order valence-electron chi connectivity index (χ3n) is 3.10. The molecule has 2 atom stereocenters. The molecule has 7 heteroatoms. The molecule has 0 unspecified atom stereocenters. The standard InChI is InChI=1S/C12H13Cl2NO3S/c1-8-2-4-10(5-3-8)19(17,18)15-7-9(6-13)11(14)12(15)16/h2-5,9,11H,6-7H2,1H3/t9-,11+/m1/s1. The van der Waals surface area contributed by atoms with Crippen LogP contribution in [0.4, 0.5) is 0 Å². The molecular weight excluding hydrogens is 309 g/mol. The summed E-state index contributed by atoms with van der Waals surface area (Å²) in [5, 5.41) is -0.877. The van der Waals surface area contributed by atoms with Crippen molar-refractivity contribution < 1.29 is 13.2 Å². The van der Waals surface area contributed by atoms with E-state index in [1.54, 1.807) is 12.1 Å². The van der Waals surface area contributed by atoms with Gasteiger partial charge in [-0.2, -0.15) is 0 Å². The topological polar surface area (TPSA) is 54.5 Å². The van der Waals surface area contributed by atoms with Crippen LogP contribution in [0, 0.1) is 12.8 Å². The molecule has 0 N–H and O–H groups in total. The Hall–Kier alpha value is -0.780. The van der Waals surface area contributed by atoms with Crippen LogP contribution < -0.4 is 0 Å². The lowest BCUT2D eigenvalue weighted by atomic mass is 10.1. The van der Waals surface area contributed by atoms with Crippen LogP contribution in [0.5, 0.6) is 0 Å². The molecule has 1 heterocycles. The van der Waals surface area contributed by atoms with E-state index in [1.165, 1.54) is 12.1 Å². The molecule has 1 aromatic carbocycles. The van der Waals surface area contributed by atoms with Gasteiger partial charge in [-0.1, -0.05) is 17.7 Å². The van der Waals surface area contributed by atoms with Gasteiger partial charge in [-0.25, -0.2) is 12.7 Å². The highest BCUT2D eigenvalue weighted by molar-refractivity contribution is 7.89. The van der Waals surface area contributed by atoms with Crippen LogP contribution in [-0.4, -0.2) is 36.4 Å². The highest BCUT2D eigenvalue weighted by Crippen LogP contribution is 2.29. The number of halogens is 2. The highest BCUT2D eigenvalue weighted by Gasteiger charge is 2.44. The number of nitrogens with zero attached hydrogens (tertiary/aromatic N) is 1. The van der Waals surface area contributed by atoms with Crippen molar-refractivity contribution in [1.29, 1.82) is 0 Å². The first-order chi connectivity index (χ1) is 8.87. The van der Waals surface area contributed by atoms with Gasteiger partial charge < -0.3 is 0 Å². The zero-order chi connectivity index (χ0) is 14.2. The minimum absolute atomic E-state index is 0.0344. The van der Waals surface area contributed by atoms with Crippen LogP contribution in [0.3, 0.4) is 0 Å². The quantitative estimate of drug-likeness (QED) is 0.800. The first-order valence-corrected chi connectivity index (χ1v) is 8.12. The number of carbonyl (C=O) groups is 1. The van der Waals surface area contributed by atoms with E-state index in [2.05, 4.69) is 0 Å². The number of rotatable bonds is 3. The fraction of sp³-hybridized carbons (Fsp3) is 0.417. The maximum absolute atomic E-state index is 12.4. The number of hydrogen-bond acceptors (Lipinski definition) is 3. The van der Waals surface area contributed by atoms with Crippen molar-refractivity contribution in [3.05, 3.63) is 29.8 Å². The third kappa shape index (κ3) is 2.59. The van der Waals surface area contributed by atoms with E-state index in [-0.39, 0.29) is 23.2 Å². The van der Waals surface area contributed by atoms with Crippen molar-refractivity contribution in [2.24, 2.45) is 5.92 Å². The Kier molecular flexibility index (Phi) is 4.08. The predicted molar refractivity (Wildman–Crippen MR) is 73.9 cm³/mol. The van der Waals surface area contributed by atoms with Gasteiger partial charge in [0.25, 0.3) is 15.9 Å². The molecule has 0 bridgehead atoms. The molecular formula is C12H13Cl2NO3S. The van der Waals surface area contributed by atoms with Crippen molar-refractivity contribution in [1.82, 2.24) is 4.31 Å². The number of sulfonamides is 1. The van der Waals surface area contributed by atoms with Gasteiger partial charge in [0, 0.05) is 18.3 Å². The van der Waals surface area contributed by atoms with Gasteiger partial charge in [-0.05, 0) is 19.1 Å². The molecule has 1 amide bonds. The largest absolute Gasteiger partial charge is 0.272 e. The number of amides is 1. The Morgan fingerprint density at radius 3 is 2.37 bits per heavy atom. The maximum atomic E-state index is 12.4. The van der Waals surface area contributed by atoms with Crippen LogP contribution in [0.2, 0.25) is 0 Å².